The highest BCUT2D eigenvalue weighted by Crippen LogP contribution is 2.23. The highest BCUT2D eigenvalue weighted by atomic mass is 16.2. The van der Waals surface area contributed by atoms with Gasteiger partial charge in [-0.3, -0.25) is 14.2 Å². The molecule has 1 fully saturated rings. The van der Waals surface area contributed by atoms with Crippen molar-refractivity contribution in [3.8, 4) is 0 Å². The van der Waals surface area contributed by atoms with Crippen molar-refractivity contribution in [3.63, 3.8) is 0 Å². The zero-order chi connectivity index (χ0) is 23.0. The van der Waals surface area contributed by atoms with E-state index in [4.69, 9.17) is 0 Å². The smallest absolute Gasteiger partial charge is 0.262 e. The summed E-state index contributed by atoms with van der Waals surface area (Å²) in [6, 6.07) is 5.18. The van der Waals surface area contributed by atoms with Crippen LogP contribution in [0, 0.1) is 6.92 Å². The first-order valence-electron chi connectivity index (χ1n) is 11.3. The van der Waals surface area contributed by atoms with Crippen molar-refractivity contribution >= 4 is 22.6 Å². The SMILES string of the molecule is C=C1CCC(n2c(C)nc3cccc(CC)c3c2=O)C(=O)N1.CCCCCCC(C)=O. The second kappa shape index (κ2) is 11.6. The summed E-state index contributed by atoms with van der Waals surface area (Å²) in [6.07, 6.45) is 7.61. The van der Waals surface area contributed by atoms with E-state index in [0.29, 0.717) is 41.0 Å². The predicted molar refractivity (Wildman–Crippen MR) is 125 cm³/mol. The number of nitrogens with zero attached hydrogens (tertiary/aromatic N) is 2. The fourth-order valence-corrected chi connectivity index (χ4v) is 3.89. The Morgan fingerprint density at radius 1 is 1.23 bits per heavy atom. The molecule has 168 valence electrons. The Labute approximate surface area is 184 Å². The number of aromatic nitrogens is 2. The number of ketones is 1. The molecule has 6 nitrogen and oxygen atoms in total. The number of fused-ring (bicyclic) bond motifs is 1. The predicted octanol–water partition coefficient (Wildman–Crippen LogP) is 4.78. The van der Waals surface area contributed by atoms with E-state index in [1.807, 2.05) is 25.1 Å². The van der Waals surface area contributed by atoms with E-state index in [1.165, 1.54) is 23.8 Å². The Morgan fingerprint density at radius 3 is 2.58 bits per heavy atom. The molecule has 1 aliphatic rings. The first kappa shape index (κ1) is 24.5. The quantitative estimate of drug-likeness (QED) is 0.648. The van der Waals surface area contributed by atoms with E-state index >= 15 is 0 Å². The van der Waals surface area contributed by atoms with Gasteiger partial charge in [0.25, 0.3) is 5.56 Å². The Kier molecular flexibility index (Phi) is 9.16. The molecule has 1 unspecified atom stereocenters. The molecule has 1 aromatic heterocycles. The average Bonchev–Trinajstić information content (AvgIpc) is 2.72. The van der Waals surface area contributed by atoms with E-state index in [0.717, 1.165) is 24.8 Å². The molecule has 31 heavy (non-hydrogen) atoms. The third-order valence-corrected chi connectivity index (χ3v) is 5.59. The number of amides is 1. The number of nitrogens with one attached hydrogen (secondary N) is 1. The molecular formula is C25H35N3O3. The summed E-state index contributed by atoms with van der Waals surface area (Å²) in [5, 5.41) is 3.36. The molecule has 1 aliphatic heterocycles. The van der Waals surface area contributed by atoms with Gasteiger partial charge in [-0.15, -0.1) is 0 Å². The Hall–Kier alpha value is -2.76. The Morgan fingerprint density at radius 2 is 1.97 bits per heavy atom. The average molecular weight is 426 g/mol. The number of aryl methyl sites for hydroxylation is 2. The highest BCUT2D eigenvalue weighted by molar-refractivity contribution is 5.85. The summed E-state index contributed by atoms with van der Waals surface area (Å²) < 4.78 is 1.53. The third kappa shape index (κ3) is 6.36. The number of rotatable bonds is 7. The number of benzene rings is 1. The summed E-state index contributed by atoms with van der Waals surface area (Å²) in [7, 11) is 0. The van der Waals surface area contributed by atoms with Crippen molar-refractivity contribution in [1.82, 2.24) is 14.9 Å². The van der Waals surface area contributed by atoms with Crippen LogP contribution in [0.25, 0.3) is 10.9 Å². The van der Waals surface area contributed by atoms with Gasteiger partial charge in [0.05, 0.1) is 10.9 Å². The first-order valence-corrected chi connectivity index (χ1v) is 11.3. The second-order valence-corrected chi connectivity index (χ2v) is 8.16. The fraction of sp³-hybridized carbons (Fsp3) is 0.520. The monoisotopic (exact) mass is 425 g/mol. The molecular weight excluding hydrogens is 390 g/mol. The number of piperidine rings is 1. The van der Waals surface area contributed by atoms with E-state index in [9.17, 15) is 14.4 Å². The van der Waals surface area contributed by atoms with Crippen LogP contribution >= 0.6 is 0 Å². The van der Waals surface area contributed by atoms with E-state index in [2.05, 4.69) is 23.8 Å². The zero-order valence-corrected chi connectivity index (χ0v) is 19.3. The van der Waals surface area contributed by atoms with Gasteiger partial charge in [0.15, 0.2) is 0 Å². The van der Waals surface area contributed by atoms with Crippen molar-refractivity contribution in [2.75, 3.05) is 0 Å². The molecule has 0 spiro atoms. The first-order chi connectivity index (χ1) is 14.8. The molecule has 0 bridgehead atoms. The molecule has 1 saturated heterocycles. The lowest BCUT2D eigenvalue weighted by Crippen LogP contribution is -2.41. The molecule has 2 heterocycles. The summed E-state index contributed by atoms with van der Waals surface area (Å²) in [5.41, 5.74) is 2.23. The molecule has 0 radical (unpaired) electrons. The number of unbranched alkanes of at least 4 members (excludes halogenated alkanes) is 3. The molecule has 0 saturated carbocycles. The minimum atomic E-state index is -0.514. The fourth-order valence-electron chi connectivity index (χ4n) is 3.89. The largest absolute Gasteiger partial charge is 0.329 e. The minimum absolute atomic E-state index is 0.132. The second-order valence-electron chi connectivity index (χ2n) is 8.16. The van der Waals surface area contributed by atoms with Crippen molar-refractivity contribution in [3.05, 3.63) is 52.2 Å². The molecule has 1 amide bonds. The van der Waals surface area contributed by atoms with Gasteiger partial charge in [-0.1, -0.05) is 51.8 Å². The van der Waals surface area contributed by atoms with Crippen LogP contribution in [-0.4, -0.2) is 21.2 Å². The molecule has 2 aromatic rings. The maximum Gasteiger partial charge on any atom is 0.262 e. The highest BCUT2D eigenvalue weighted by Gasteiger charge is 2.28. The number of hydrogen-bond acceptors (Lipinski definition) is 4. The summed E-state index contributed by atoms with van der Waals surface area (Å²) >= 11 is 0. The van der Waals surface area contributed by atoms with Gasteiger partial charge in [0.2, 0.25) is 5.91 Å². The zero-order valence-electron chi connectivity index (χ0n) is 19.3. The molecule has 1 atom stereocenters. The minimum Gasteiger partial charge on any atom is -0.329 e. The van der Waals surface area contributed by atoms with E-state index < -0.39 is 6.04 Å². The van der Waals surface area contributed by atoms with Gasteiger partial charge in [-0.25, -0.2) is 4.98 Å². The van der Waals surface area contributed by atoms with Crippen LogP contribution in [0.1, 0.15) is 83.1 Å². The summed E-state index contributed by atoms with van der Waals surface area (Å²) in [6.45, 7) is 11.4. The lowest BCUT2D eigenvalue weighted by atomic mass is 10.0. The van der Waals surface area contributed by atoms with Crippen LogP contribution in [-0.2, 0) is 16.0 Å². The van der Waals surface area contributed by atoms with Crippen molar-refractivity contribution < 1.29 is 9.59 Å². The number of hydrogen-bond donors (Lipinski definition) is 1. The standard InChI is InChI=1S/C17H19N3O2.C8H16O/c1-4-12-6-5-7-13-15(12)17(22)20(11(3)19-13)14-9-8-10(2)18-16(14)21;1-3-4-5-6-7-8(2)9/h5-7,14H,2,4,8-9H2,1,3H3,(H,18,21);3-7H2,1-2H3. The number of Topliss-reactive ketones (excluding diaryl/α,β-unsaturated/α-hetero) is 1. The van der Waals surface area contributed by atoms with Crippen LogP contribution < -0.4 is 10.9 Å². The molecule has 1 aromatic carbocycles. The van der Waals surface area contributed by atoms with Crippen molar-refractivity contribution in [2.24, 2.45) is 0 Å². The Bertz CT molecular complexity index is 1010. The van der Waals surface area contributed by atoms with E-state index in [-0.39, 0.29) is 11.5 Å². The van der Waals surface area contributed by atoms with Gasteiger partial charge in [-0.2, -0.15) is 0 Å². The summed E-state index contributed by atoms with van der Waals surface area (Å²) in [5.74, 6) is 0.709. The van der Waals surface area contributed by atoms with Crippen LogP contribution in [0.15, 0.2) is 35.3 Å². The molecule has 3 rings (SSSR count). The maximum atomic E-state index is 13.0. The lowest BCUT2D eigenvalue weighted by molar-refractivity contribution is -0.125. The topological polar surface area (TPSA) is 81.1 Å². The summed E-state index contributed by atoms with van der Waals surface area (Å²) in [4.78, 5) is 40.2. The normalized spacial score (nSPS) is 15.9. The van der Waals surface area contributed by atoms with Gasteiger partial charge >= 0.3 is 0 Å². The number of carbonyl (C=O) groups is 2. The molecule has 1 N–H and O–H groups in total. The number of carbonyl (C=O) groups excluding carboxylic acids is 2. The van der Waals surface area contributed by atoms with E-state index in [1.54, 1.807) is 13.8 Å². The van der Waals surface area contributed by atoms with Crippen LogP contribution in [0.2, 0.25) is 0 Å². The third-order valence-electron chi connectivity index (χ3n) is 5.59. The van der Waals surface area contributed by atoms with Crippen LogP contribution in [0.5, 0.6) is 0 Å². The van der Waals surface area contributed by atoms with Gasteiger partial charge in [-0.05, 0) is 51.2 Å². The number of allylic oxidation sites excluding steroid dienone is 1. The van der Waals surface area contributed by atoms with Crippen LogP contribution in [0.4, 0.5) is 0 Å². The van der Waals surface area contributed by atoms with Crippen LogP contribution in [0.3, 0.4) is 0 Å². The van der Waals surface area contributed by atoms with Gasteiger partial charge in [0.1, 0.15) is 17.6 Å². The van der Waals surface area contributed by atoms with Crippen molar-refractivity contribution in [1.29, 1.82) is 0 Å². The Balaban J connectivity index is 0.000000323. The molecule has 0 aliphatic carbocycles. The molecule has 6 heteroatoms. The van der Waals surface area contributed by atoms with Gasteiger partial charge < -0.3 is 10.1 Å². The van der Waals surface area contributed by atoms with Crippen molar-refractivity contribution in [2.45, 2.75) is 85.1 Å². The maximum absolute atomic E-state index is 13.0. The lowest BCUT2D eigenvalue weighted by Gasteiger charge is -2.26. The van der Waals surface area contributed by atoms with Gasteiger partial charge in [0, 0.05) is 12.1 Å².